The number of rotatable bonds is 13. The molecule has 6 atom stereocenters. The summed E-state index contributed by atoms with van der Waals surface area (Å²) < 4.78 is 45.7. The molecule has 0 bridgehead atoms. The number of nitrogens with zero attached hydrogens (tertiary/aromatic N) is 1. The molecule has 0 radical (unpaired) electrons. The van der Waals surface area contributed by atoms with Crippen molar-refractivity contribution in [3.63, 3.8) is 0 Å². The first-order valence-corrected chi connectivity index (χ1v) is 19.0. The van der Waals surface area contributed by atoms with Crippen LogP contribution in [0.4, 0.5) is 0 Å². The van der Waals surface area contributed by atoms with Crippen molar-refractivity contribution in [2.45, 2.75) is 107 Å². The van der Waals surface area contributed by atoms with Crippen LogP contribution in [0.1, 0.15) is 95.5 Å². The van der Waals surface area contributed by atoms with Crippen molar-refractivity contribution in [3.05, 3.63) is 132 Å². The van der Waals surface area contributed by atoms with E-state index in [1.807, 2.05) is 75.4 Å². The Morgan fingerprint density at radius 3 is 2.00 bits per heavy atom. The minimum Gasteiger partial charge on any atom is -0.598 e. The van der Waals surface area contributed by atoms with Crippen LogP contribution in [-0.4, -0.2) is 35.1 Å². The highest BCUT2D eigenvalue weighted by Crippen LogP contribution is 2.41. The lowest BCUT2D eigenvalue weighted by molar-refractivity contribution is 0.0509. The highest BCUT2D eigenvalue weighted by Gasteiger charge is 2.46. The van der Waals surface area contributed by atoms with Crippen LogP contribution < -0.4 is 4.72 Å². The van der Waals surface area contributed by atoms with Gasteiger partial charge in [-0.2, -0.15) is 0 Å². The van der Waals surface area contributed by atoms with E-state index in [1.54, 1.807) is 6.26 Å². The number of hydrogen-bond acceptors (Lipinski definition) is 6. The van der Waals surface area contributed by atoms with Crippen molar-refractivity contribution >= 4 is 22.7 Å². The van der Waals surface area contributed by atoms with Gasteiger partial charge < -0.3 is 18.6 Å². The zero-order valence-corrected chi connectivity index (χ0v) is 30.0. The Labute approximate surface area is 288 Å². The molecule has 6 nitrogen and oxygen atoms in total. The molecule has 0 aromatic heterocycles. The molecule has 3 aromatic rings. The summed E-state index contributed by atoms with van der Waals surface area (Å²) in [4.78, 5) is 0. The van der Waals surface area contributed by atoms with Gasteiger partial charge in [0.15, 0.2) is 0 Å². The first kappa shape index (κ1) is 35.6. The van der Waals surface area contributed by atoms with Crippen molar-refractivity contribution in [2.24, 2.45) is 0 Å². The summed E-state index contributed by atoms with van der Waals surface area (Å²) in [5.41, 5.74) is 3.23. The van der Waals surface area contributed by atoms with Gasteiger partial charge in [-0.15, -0.1) is 9.03 Å². The summed E-state index contributed by atoms with van der Waals surface area (Å²) in [5.74, 6) is 0.830. The molecule has 252 valence electrons. The van der Waals surface area contributed by atoms with E-state index in [4.69, 9.17) is 9.47 Å². The molecule has 2 aliphatic rings. The van der Waals surface area contributed by atoms with Crippen LogP contribution in [0.3, 0.4) is 0 Å². The molecule has 2 heterocycles. The van der Waals surface area contributed by atoms with Crippen molar-refractivity contribution in [1.82, 2.24) is 9.03 Å². The predicted octanol–water partition coefficient (Wildman–Crippen LogP) is 8.61. The second kappa shape index (κ2) is 16.1. The molecule has 8 heteroatoms. The SMILES string of the molecule is CC(C)(C)[S@@+]([O-])N[C@H](c1ccccc1)[C@@H]1CCC=C(CC(C)(C)[S@@+]([O-])N(Cc2ccccc2)[C@H](c2ccccc2)[C@@H]2CCC=CO2)O1. The van der Waals surface area contributed by atoms with Crippen LogP contribution in [0.2, 0.25) is 0 Å². The second-order valence-corrected chi connectivity index (χ2v) is 18.1. The molecule has 0 saturated carbocycles. The molecule has 1 N–H and O–H groups in total. The van der Waals surface area contributed by atoms with Gasteiger partial charge in [-0.1, -0.05) is 91.0 Å². The summed E-state index contributed by atoms with van der Waals surface area (Å²) in [6, 6.07) is 30.3. The zero-order valence-electron chi connectivity index (χ0n) is 28.3. The molecule has 0 spiro atoms. The highest BCUT2D eigenvalue weighted by atomic mass is 32.2. The lowest BCUT2D eigenvalue weighted by Gasteiger charge is -2.42. The standard InChI is InChI=1S/C39H50N2O4S2/c1-38(2,3)46(42)40-36(31-20-11-7-12-21-31)34-26-17-24-33(45-34)28-39(4,5)47(43)41(29-30-18-9-6-10-19-30)37(32-22-13-8-14-23-32)35-25-15-16-27-44-35/h6-14,16,18-24,27,34-37,40H,15,17,25-26,28-29H2,1-5H3/t34-,35-,36+,37+,46+,47+/m0/s1. The van der Waals surface area contributed by atoms with Crippen LogP contribution >= 0.6 is 0 Å². The van der Waals surface area contributed by atoms with Gasteiger partial charge in [-0.25, -0.2) is 0 Å². The fourth-order valence-corrected chi connectivity index (χ4v) is 8.70. The maximum Gasteiger partial charge on any atom is 0.146 e. The van der Waals surface area contributed by atoms with Crippen molar-refractivity contribution in [1.29, 1.82) is 0 Å². The third-order valence-corrected chi connectivity index (χ3v) is 12.1. The minimum absolute atomic E-state index is 0.137. The molecule has 3 aromatic carbocycles. The van der Waals surface area contributed by atoms with Crippen LogP contribution in [0.25, 0.3) is 0 Å². The Morgan fingerprint density at radius 1 is 0.809 bits per heavy atom. The Bertz CT molecular complexity index is 1450. The number of allylic oxidation sites excluding steroid dienone is 3. The van der Waals surface area contributed by atoms with E-state index in [1.165, 1.54) is 0 Å². The lowest BCUT2D eigenvalue weighted by atomic mass is 9.96. The van der Waals surface area contributed by atoms with Crippen molar-refractivity contribution < 1.29 is 18.6 Å². The van der Waals surface area contributed by atoms with Gasteiger partial charge in [0, 0.05) is 22.7 Å². The van der Waals surface area contributed by atoms with Gasteiger partial charge in [0.05, 0.1) is 25.0 Å². The van der Waals surface area contributed by atoms with E-state index < -0.39 is 32.2 Å². The number of nitrogens with one attached hydrogen (secondary N) is 1. The van der Waals surface area contributed by atoms with Gasteiger partial charge in [0.2, 0.25) is 0 Å². The average molecular weight is 675 g/mol. The van der Waals surface area contributed by atoms with Crippen LogP contribution in [0.5, 0.6) is 0 Å². The third kappa shape index (κ3) is 9.46. The third-order valence-electron chi connectivity index (χ3n) is 8.68. The van der Waals surface area contributed by atoms with Gasteiger partial charge in [-0.05, 0) is 89.1 Å². The van der Waals surface area contributed by atoms with Crippen LogP contribution in [-0.2, 0) is 38.7 Å². The molecule has 47 heavy (non-hydrogen) atoms. The van der Waals surface area contributed by atoms with Crippen molar-refractivity contribution in [3.8, 4) is 0 Å². The average Bonchev–Trinajstić information content (AvgIpc) is 3.08. The normalized spacial score (nSPS) is 21.2. The smallest absolute Gasteiger partial charge is 0.146 e. The Balaban J connectivity index is 1.41. The van der Waals surface area contributed by atoms with E-state index in [2.05, 4.69) is 71.4 Å². The fraction of sp³-hybridized carbons (Fsp3) is 0.436. The molecule has 0 saturated heterocycles. The number of ether oxygens (including phenoxy) is 2. The Kier molecular flexibility index (Phi) is 12.2. The zero-order chi connectivity index (χ0) is 33.4. The molecular weight excluding hydrogens is 625 g/mol. The maximum absolute atomic E-state index is 15.0. The lowest BCUT2D eigenvalue weighted by Crippen LogP contribution is -2.50. The largest absolute Gasteiger partial charge is 0.598 e. The summed E-state index contributed by atoms with van der Waals surface area (Å²) in [7, 11) is 0. The highest BCUT2D eigenvalue weighted by molar-refractivity contribution is 7.91. The molecular formula is C39H50N2O4S2. The molecule has 0 aliphatic carbocycles. The van der Waals surface area contributed by atoms with Crippen LogP contribution in [0.15, 0.2) is 115 Å². The van der Waals surface area contributed by atoms with Gasteiger partial charge >= 0.3 is 0 Å². The summed E-state index contributed by atoms with van der Waals surface area (Å²) in [6.07, 6.45) is 9.53. The summed E-state index contributed by atoms with van der Waals surface area (Å²) >= 11 is -2.72. The second-order valence-electron chi connectivity index (χ2n) is 14.0. The van der Waals surface area contributed by atoms with E-state index in [0.29, 0.717) is 13.0 Å². The quantitative estimate of drug-likeness (QED) is 0.183. The van der Waals surface area contributed by atoms with Crippen molar-refractivity contribution in [2.75, 3.05) is 0 Å². The molecule has 0 amide bonds. The fourth-order valence-electron chi connectivity index (χ4n) is 6.19. The van der Waals surface area contributed by atoms with E-state index >= 15 is 4.55 Å². The number of benzene rings is 3. The minimum atomic E-state index is -1.44. The van der Waals surface area contributed by atoms with E-state index in [-0.39, 0.29) is 24.3 Å². The van der Waals surface area contributed by atoms with Gasteiger partial charge in [-0.3, -0.25) is 0 Å². The monoisotopic (exact) mass is 674 g/mol. The molecule has 0 fully saturated rings. The number of hydrogen-bond donors (Lipinski definition) is 1. The summed E-state index contributed by atoms with van der Waals surface area (Å²) in [5, 5.41) is 0. The van der Waals surface area contributed by atoms with Gasteiger partial charge in [0.25, 0.3) is 0 Å². The predicted molar refractivity (Wildman–Crippen MR) is 194 cm³/mol. The van der Waals surface area contributed by atoms with E-state index in [9.17, 15) is 4.55 Å². The van der Waals surface area contributed by atoms with Crippen LogP contribution in [0, 0.1) is 0 Å². The van der Waals surface area contributed by atoms with Gasteiger partial charge in [0.1, 0.15) is 33.8 Å². The molecule has 2 aliphatic heterocycles. The first-order chi connectivity index (χ1) is 22.5. The molecule has 0 unspecified atom stereocenters. The maximum atomic E-state index is 15.0. The topological polar surface area (TPSA) is 79.8 Å². The first-order valence-electron chi connectivity index (χ1n) is 16.7. The van der Waals surface area contributed by atoms with E-state index in [0.717, 1.165) is 48.1 Å². The Morgan fingerprint density at radius 2 is 1.40 bits per heavy atom. The Hall–Kier alpha value is -2.72. The molecule has 5 rings (SSSR count). The summed E-state index contributed by atoms with van der Waals surface area (Å²) in [6.45, 7) is 10.6.